The van der Waals surface area contributed by atoms with Crippen LogP contribution in [0.4, 0.5) is 8.78 Å². The molecule has 2 N–H and O–H groups in total. The summed E-state index contributed by atoms with van der Waals surface area (Å²) in [5, 5.41) is 0. The highest BCUT2D eigenvalue weighted by atomic mass is 19.1. The molecule has 112 valence electrons. The van der Waals surface area contributed by atoms with Gasteiger partial charge in [0, 0.05) is 17.2 Å². The van der Waals surface area contributed by atoms with E-state index in [4.69, 9.17) is 15.2 Å². The summed E-state index contributed by atoms with van der Waals surface area (Å²) in [4.78, 5) is 0. The predicted octanol–water partition coefficient (Wildman–Crippen LogP) is 3.57. The molecule has 0 saturated heterocycles. The molecule has 0 bridgehead atoms. The summed E-state index contributed by atoms with van der Waals surface area (Å²) in [5.74, 6) is -0.261. The van der Waals surface area contributed by atoms with Crippen molar-refractivity contribution in [3.63, 3.8) is 0 Å². The Morgan fingerprint density at radius 3 is 2.57 bits per heavy atom. The van der Waals surface area contributed by atoms with Crippen molar-refractivity contribution in [3.05, 3.63) is 59.2 Å². The Morgan fingerprint density at radius 1 is 1.14 bits per heavy atom. The van der Waals surface area contributed by atoms with E-state index in [1.54, 1.807) is 19.1 Å². The molecule has 0 aliphatic heterocycles. The topological polar surface area (TPSA) is 44.5 Å². The molecule has 2 rings (SSSR count). The van der Waals surface area contributed by atoms with Gasteiger partial charge in [0.1, 0.15) is 18.2 Å². The lowest BCUT2D eigenvalue weighted by Crippen LogP contribution is -2.09. The van der Waals surface area contributed by atoms with E-state index < -0.39 is 5.82 Å². The minimum Gasteiger partial charge on any atom is -0.494 e. The van der Waals surface area contributed by atoms with Gasteiger partial charge in [0.05, 0.1) is 7.11 Å². The minimum absolute atomic E-state index is 0.00832. The summed E-state index contributed by atoms with van der Waals surface area (Å²) in [7, 11) is 1.40. The van der Waals surface area contributed by atoms with Crippen LogP contribution in [0.15, 0.2) is 36.4 Å². The molecular formula is C16H17F2NO2. The highest BCUT2D eigenvalue weighted by Crippen LogP contribution is 2.27. The Labute approximate surface area is 122 Å². The molecular weight excluding hydrogens is 276 g/mol. The first-order valence-electron chi connectivity index (χ1n) is 6.52. The second kappa shape index (κ2) is 6.54. The maximum absolute atomic E-state index is 14.0. The molecule has 21 heavy (non-hydrogen) atoms. The van der Waals surface area contributed by atoms with Gasteiger partial charge >= 0.3 is 0 Å². The average molecular weight is 293 g/mol. The highest BCUT2D eigenvalue weighted by Gasteiger charge is 2.12. The normalized spacial score (nSPS) is 12.0. The Morgan fingerprint density at radius 2 is 1.90 bits per heavy atom. The van der Waals surface area contributed by atoms with Crippen LogP contribution in [0.2, 0.25) is 0 Å². The van der Waals surface area contributed by atoms with Crippen molar-refractivity contribution in [1.29, 1.82) is 0 Å². The number of nitrogens with two attached hydrogens (primary N) is 1. The fourth-order valence-electron chi connectivity index (χ4n) is 1.99. The van der Waals surface area contributed by atoms with Crippen LogP contribution in [-0.4, -0.2) is 7.11 Å². The van der Waals surface area contributed by atoms with Gasteiger partial charge in [-0.2, -0.15) is 0 Å². The summed E-state index contributed by atoms with van der Waals surface area (Å²) >= 11 is 0. The van der Waals surface area contributed by atoms with E-state index in [0.29, 0.717) is 16.9 Å². The molecule has 5 heteroatoms. The van der Waals surface area contributed by atoms with Gasteiger partial charge < -0.3 is 15.2 Å². The van der Waals surface area contributed by atoms with Crippen LogP contribution in [0.5, 0.6) is 11.5 Å². The fraction of sp³-hybridized carbons (Fsp3) is 0.250. The van der Waals surface area contributed by atoms with Crippen molar-refractivity contribution in [2.24, 2.45) is 5.73 Å². The molecule has 0 unspecified atom stereocenters. The Bertz CT molecular complexity index is 630. The predicted molar refractivity (Wildman–Crippen MR) is 76.3 cm³/mol. The number of ether oxygens (including phenoxy) is 2. The molecule has 0 aliphatic carbocycles. The molecule has 2 aromatic rings. The van der Waals surface area contributed by atoms with Crippen LogP contribution < -0.4 is 15.2 Å². The number of hydrogen-bond acceptors (Lipinski definition) is 3. The van der Waals surface area contributed by atoms with Gasteiger partial charge in [-0.25, -0.2) is 8.78 Å². The summed E-state index contributed by atoms with van der Waals surface area (Å²) in [6.07, 6.45) is 0. The zero-order valence-electron chi connectivity index (χ0n) is 11.9. The van der Waals surface area contributed by atoms with E-state index in [-0.39, 0.29) is 24.2 Å². The second-order valence-corrected chi connectivity index (χ2v) is 4.69. The van der Waals surface area contributed by atoms with Crippen molar-refractivity contribution < 1.29 is 18.3 Å². The molecule has 0 spiro atoms. The Kier molecular flexibility index (Phi) is 4.75. The van der Waals surface area contributed by atoms with Gasteiger partial charge in [-0.3, -0.25) is 0 Å². The molecule has 0 amide bonds. The first-order valence-corrected chi connectivity index (χ1v) is 6.52. The standard InChI is InChI=1S/C16H17F2NO2/c1-10(19)13-8-12(17)6-7-14(13)21-9-11-4-3-5-15(20-2)16(11)18/h3-8,10H,9,19H2,1-2H3/t10-/m0/s1. The van der Waals surface area contributed by atoms with Gasteiger partial charge in [-0.15, -0.1) is 0 Å². The molecule has 0 aromatic heterocycles. The van der Waals surface area contributed by atoms with Crippen molar-refractivity contribution in [1.82, 2.24) is 0 Å². The van der Waals surface area contributed by atoms with Gasteiger partial charge in [0.25, 0.3) is 0 Å². The van der Waals surface area contributed by atoms with Gasteiger partial charge in [0.2, 0.25) is 0 Å². The van der Waals surface area contributed by atoms with Gasteiger partial charge in [-0.1, -0.05) is 12.1 Å². The lowest BCUT2D eigenvalue weighted by molar-refractivity contribution is 0.291. The molecule has 1 atom stereocenters. The van der Waals surface area contributed by atoms with Crippen LogP contribution in [0.25, 0.3) is 0 Å². The molecule has 3 nitrogen and oxygen atoms in total. The third-order valence-electron chi connectivity index (χ3n) is 3.11. The zero-order chi connectivity index (χ0) is 15.4. The monoisotopic (exact) mass is 293 g/mol. The maximum Gasteiger partial charge on any atom is 0.171 e. The molecule has 0 heterocycles. The molecule has 0 fully saturated rings. The maximum atomic E-state index is 14.0. The van der Waals surface area contributed by atoms with Crippen molar-refractivity contribution in [3.8, 4) is 11.5 Å². The Hall–Kier alpha value is -2.14. The van der Waals surface area contributed by atoms with Crippen LogP contribution >= 0.6 is 0 Å². The quantitative estimate of drug-likeness (QED) is 0.916. The number of methoxy groups -OCH3 is 1. The lowest BCUT2D eigenvalue weighted by atomic mass is 10.1. The van der Waals surface area contributed by atoms with E-state index in [1.807, 2.05) is 0 Å². The van der Waals surface area contributed by atoms with Crippen LogP contribution in [0.1, 0.15) is 24.1 Å². The average Bonchev–Trinajstić information content (AvgIpc) is 2.47. The SMILES string of the molecule is COc1cccc(COc2ccc(F)cc2[C@H](C)N)c1F. The van der Waals surface area contributed by atoms with E-state index >= 15 is 0 Å². The van der Waals surface area contributed by atoms with E-state index in [1.165, 1.54) is 31.4 Å². The Balaban J connectivity index is 2.21. The summed E-state index contributed by atoms with van der Waals surface area (Å²) in [6.45, 7) is 1.74. The smallest absolute Gasteiger partial charge is 0.171 e. The largest absolute Gasteiger partial charge is 0.494 e. The molecule has 0 radical (unpaired) electrons. The number of benzene rings is 2. The minimum atomic E-state index is -0.468. The van der Waals surface area contributed by atoms with Crippen LogP contribution in [0.3, 0.4) is 0 Å². The lowest BCUT2D eigenvalue weighted by Gasteiger charge is -2.15. The van der Waals surface area contributed by atoms with Crippen molar-refractivity contribution in [2.45, 2.75) is 19.6 Å². The summed E-state index contributed by atoms with van der Waals surface area (Å²) in [6, 6.07) is 8.53. The number of rotatable bonds is 5. The fourth-order valence-corrected chi connectivity index (χ4v) is 1.99. The third-order valence-corrected chi connectivity index (χ3v) is 3.11. The van der Waals surface area contributed by atoms with Gasteiger partial charge in [-0.05, 0) is 31.2 Å². The number of hydrogen-bond donors (Lipinski definition) is 1. The zero-order valence-corrected chi connectivity index (χ0v) is 11.9. The summed E-state index contributed by atoms with van der Waals surface area (Å²) < 4.78 is 37.7. The van der Waals surface area contributed by atoms with E-state index in [9.17, 15) is 8.78 Å². The van der Waals surface area contributed by atoms with Crippen LogP contribution in [0, 0.1) is 11.6 Å². The van der Waals surface area contributed by atoms with Gasteiger partial charge in [0.15, 0.2) is 11.6 Å². The van der Waals surface area contributed by atoms with Crippen LogP contribution in [-0.2, 0) is 6.61 Å². The van der Waals surface area contributed by atoms with E-state index in [0.717, 1.165) is 0 Å². The summed E-state index contributed by atoms with van der Waals surface area (Å²) in [5.41, 5.74) is 6.68. The first kappa shape index (κ1) is 15.3. The number of halogens is 2. The van der Waals surface area contributed by atoms with Crippen molar-refractivity contribution >= 4 is 0 Å². The molecule has 2 aromatic carbocycles. The molecule has 0 aliphatic rings. The van der Waals surface area contributed by atoms with E-state index in [2.05, 4.69) is 0 Å². The molecule has 0 saturated carbocycles. The first-order chi connectivity index (χ1) is 10.0. The second-order valence-electron chi connectivity index (χ2n) is 4.69. The highest BCUT2D eigenvalue weighted by molar-refractivity contribution is 5.37. The third kappa shape index (κ3) is 3.49. The van der Waals surface area contributed by atoms with Crippen molar-refractivity contribution in [2.75, 3.05) is 7.11 Å².